The van der Waals surface area contributed by atoms with E-state index in [1.165, 1.54) is 0 Å². The molecule has 0 saturated heterocycles. The van der Waals surface area contributed by atoms with Crippen LogP contribution in [0.25, 0.3) is 11.3 Å². The molecule has 0 saturated carbocycles. The second kappa shape index (κ2) is 4.69. The van der Waals surface area contributed by atoms with Crippen LogP contribution in [-0.4, -0.2) is 12.9 Å². The maximum absolute atomic E-state index is 12.5. The van der Waals surface area contributed by atoms with E-state index in [0.29, 0.717) is 21.9 Å². The van der Waals surface area contributed by atoms with E-state index < -0.39 is 0 Å². The molecule has 0 unspecified atom stereocenters. The van der Waals surface area contributed by atoms with Crippen LogP contribution >= 0.6 is 11.6 Å². The summed E-state index contributed by atoms with van der Waals surface area (Å²) in [5.41, 5.74) is 9.20. The summed E-state index contributed by atoms with van der Waals surface area (Å²) in [5, 5.41) is 0.529. The molecule has 0 radical (unpaired) electrons. The normalized spacial score (nSPS) is 13.6. The van der Waals surface area contributed by atoms with Gasteiger partial charge in [-0.15, -0.1) is 0 Å². The summed E-state index contributed by atoms with van der Waals surface area (Å²) in [4.78, 5) is 12.5. The molecule has 2 aromatic carbocycles. The van der Waals surface area contributed by atoms with Crippen LogP contribution in [0, 0.1) is 0 Å². The topological polar surface area (TPSA) is 52.3 Å². The zero-order valence-corrected chi connectivity index (χ0v) is 11.6. The fourth-order valence-corrected chi connectivity index (χ4v) is 2.55. The van der Waals surface area contributed by atoms with E-state index >= 15 is 0 Å². The van der Waals surface area contributed by atoms with Crippen molar-refractivity contribution in [3.63, 3.8) is 0 Å². The van der Waals surface area contributed by atoms with Gasteiger partial charge < -0.3 is 10.5 Å². The molecular formula is C16H12ClNO2. The molecule has 4 heteroatoms. The Morgan fingerprint density at radius 2 is 1.75 bits per heavy atom. The van der Waals surface area contributed by atoms with Gasteiger partial charge in [-0.25, -0.2) is 0 Å². The van der Waals surface area contributed by atoms with Gasteiger partial charge in [0.05, 0.1) is 18.4 Å². The first-order chi connectivity index (χ1) is 9.61. The Bertz CT molecular complexity index is 733. The van der Waals surface area contributed by atoms with Crippen LogP contribution in [0.4, 0.5) is 0 Å². The first-order valence-electron chi connectivity index (χ1n) is 6.10. The summed E-state index contributed by atoms with van der Waals surface area (Å²) < 4.78 is 5.11. The van der Waals surface area contributed by atoms with E-state index in [-0.39, 0.29) is 5.78 Å². The van der Waals surface area contributed by atoms with Gasteiger partial charge in [0.15, 0.2) is 5.78 Å². The molecule has 0 heterocycles. The number of fused-ring (bicyclic) bond motifs is 1. The van der Waals surface area contributed by atoms with Crippen LogP contribution in [0.5, 0.6) is 5.75 Å². The molecule has 0 fully saturated rings. The van der Waals surface area contributed by atoms with Crippen molar-refractivity contribution in [3.05, 3.63) is 64.2 Å². The van der Waals surface area contributed by atoms with Gasteiger partial charge in [-0.3, -0.25) is 4.79 Å². The molecule has 0 amide bonds. The number of Topliss-reactive ketones (excluding diaryl/α,β-unsaturated/α-hetero) is 1. The van der Waals surface area contributed by atoms with Gasteiger partial charge in [0.2, 0.25) is 0 Å². The number of halogens is 1. The van der Waals surface area contributed by atoms with Crippen molar-refractivity contribution in [1.29, 1.82) is 0 Å². The van der Waals surface area contributed by atoms with E-state index in [2.05, 4.69) is 0 Å². The summed E-state index contributed by atoms with van der Waals surface area (Å²) in [6, 6.07) is 12.4. The SMILES string of the molecule is COc1ccc(C2=C(N)c3ccc(Cl)cc3C2=O)cc1. The molecule has 0 aliphatic heterocycles. The quantitative estimate of drug-likeness (QED) is 0.920. The van der Waals surface area contributed by atoms with Crippen LogP contribution in [0.1, 0.15) is 21.5 Å². The minimum atomic E-state index is -0.0924. The standard InChI is InChI=1S/C16H12ClNO2/c1-20-11-5-2-9(3-6-11)14-15(18)12-7-4-10(17)8-13(12)16(14)19/h2-8H,18H2,1H3. The molecule has 0 spiro atoms. The van der Waals surface area contributed by atoms with Crippen LogP contribution in [-0.2, 0) is 0 Å². The lowest BCUT2D eigenvalue weighted by molar-refractivity contribution is 0.105. The average molecular weight is 286 g/mol. The summed E-state index contributed by atoms with van der Waals surface area (Å²) in [6.07, 6.45) is 0. The summed E-state index contributed by atoms with van der Waals surface area (Å²) in [6.45, 7) is 0. The zero-order valence-electron chi connectivity index (χ0n) is 10.8. The zero-order chi connectivity index (χ0) is 14.3. The summed E-state index contributed by atoms with van der Waals surface area (Å²) in [5.74, 6) is 0.643. The molecule has 2 N–H and O–H groups in total. The highest BCUT2D eigenvalue weighted by atomic mass is 35.5. The molecule has 0 atom stereocenters. The second-order valence-corrected chi connectivity index (χ2v) is 4.97. The first kappa shape index (κ1) is 12.8. The Hall–Kier alpha value is -2.26. The van der Waals surface area contributed by atoms with Gasteiger partial charge in [0.25, 0.3) is 0 Å². The molecule has 100 valence electrons. The van der Waals surface area contributed by atoms with E-state index in [4.69, 9.17) is 22.1 Å². The highest BCUT2D eigenvalue weighted by Gasteiger charge is 2.29. The Kier molecular flexibility index (Phi) is 2.99. The van der Waals surface area contributed by atoms with Gasteiger partial charge >= 0.3 is 0 Å². The number of carbonyl (C=O) groups is 1. The van der Waals surface area contributed by atoms with E-state index in [9.17, 15) is 4.79 Å². The predicted octanol–water partition coefficient (Wildman–Crippen LogP) is 3.37. The number of hydrogen-bond acceptors (Lipinski definition) is 3. The number of allylic oxidation sites excluding steroid dienone is 1. The van der Waals surface area contributed by atoms with Gasteiger partial charge in [0, 0.05) is 16.1 Å². The predicted molar refractivity (Wildman–Crippen MR) is 79.8 cm³/mol. The van der Waals surface area contributed by atoms with E-state index in [1.807, 2.05) is 12.1 Å². The van der Waals surface area contributed by atoms with Crippen LogP contribution < -0.4 is 10.5 Å². The highest BCUT2D eigenvalue weighted by Crippen LogP contribution is 2.37. The number of benzene rings is 2. The van der Waals surface area contributed by atoms with Crippen LogP contribution in [0.15, 0.2) is 42.5 Å². The van der Waals surface area contributed by atoms with Gasteiger partial charge in [-0.2, -0.15) is 0 Å². The van der Waals surface area contributed by atoms with E-state index in [0.717, 1.165) is 16.9 Å². The molecule has 2 aromatic rings. The van der Waals surface area contributed by atoms with Crippen LogP contribution in [0.2, 0.25) is 5.02 Å². The van der Waals surface area contributed by atoms with Crippen molar-refractivity contribution in [2.45, 2.75) is 0 Å². The van der Waals surface area contributed by atoms with Gasteiger partial charge in [-0.05, 0) is 29.8 Å². The fourth-order valence-electron chi connectivity index (χ4n) is 2.38. The first-order valence-corrected chi connectivity index (χ1v) is 6.48. The van der Waals surface area contributed by atoms with Gasteiger partial charge in [-0.1, -0.05) is 29.8 Å². The Morgan fingerprint density at radius 3 is 2.40 bits per heavy atom. The fraction of sp³-hybridized carbons (Fsp3) is 0.0625. The number of hydrogen-bond donors (Lipinski definition) is 1. The molecule has 0 bridgehead atoms. The van der Waals surface area contributed by atoms with Crippen LogP contribution in [0.3, 0.4) is 0 Å². The van der Waals surface area contributed by atoms with Crippen molar-refractivity contribution < 1.29 is 9.53 Å². The number of ketones is 1. The summed E-state index contributed by atoms with van der Waals surface area (Å²) in [7, 11) is 1.60. The molecule has 1 aliphatic rings. The largest absolute Gasteiger partial charge is 0.497 e. The smallest absolute Gasteiger partial charge is 0.196 e. The number of rotatable bonds is 2. The Morgan fingerprint density at radius 1 is 1.05 bits per heavy atom. The summed E-state index contributed by atoms with van der Waals surface area (Å²) >= 11 is 5.94. The lowest BCUT2D eigenvalue weighted by Crippen LogP contribution is -2.00. The maximum atomic E-state index is 12.5. The molecule has 20 heavy (non-hydrogen) atoms. The average Bonchev–Trinajstić information content (AvgIpc) is 2.71. The van der Waals surface area contributed by atoms with Crippen molar-refractivity contribution >= 4 is 28.7 Å². The highest BCUT2D eigenvalue weighted by molar-refractivity contribution is 6.40. The second-order valence-electron chi connectivity index (χ2n) is 4.54. The third-order valence-corrected chi connectivity index (χ3v) is 3.63. The lowest BCUT2D eigenvalue weighted by atomic mass is 10.0. The minimum Gasteiger partial charge on any atom is -0.497 e. The molecular weight excluding hydrogens is 274 g/mol. The number of ether oxygens (including phenoxy) is 1. The molecule has 3 rings (SSSR count). The van der Waals surface area contributed by atoms with Gasteiger partial charge in [0.1, 0.15) is 5.75 Å². The van der Waals surface area contributed by atoms with E-state index in [1.54, 1.807) is 37.4 Å². The third-order valence-electron chi connectivity index (χ3n) is 3.39. The minimum absolute atomic E-state index is 0.0924. The monoisotopic (exact) mass is 285 g/mol. The van der Waals surface area contributed by atoms with Crippen molar-refractivity contribution in [3.8, 4) is 5.75 Å². The lowest BCUT2D eigenvalue weighted by Gasteiger charge is -2.04. The van der Waals surface area contributed by atoms with Crippen molar-refractivity contribution in [2.24, 2.45) is 5.73 Å². The molecule has 0 aromatic heterocycles. The van der Waals surface area contributed by atoms with Crippen molar-refractivity contribution in [2.75, 3.05) is 7.11 Å². The third kappa shape index (κ3) is 1.87. The maximum Gasteiger partial charge on any atom is 0.196 e. The van der Waals surface area contributed by atoms with Crippen molar-refractivity contribution in [1.82, 2.24) is 0 Å². The number of carbonyl (C=O) groups excluding carboxylic acids is 1. The molecule has 1 aliphatic carbocycles. The molecule has 3 nitrogen and oxygen atoms in total. The Labute approximate surface area is 121 Å². The number of nitrogens with two attached hydrogens (primary N) is 1. The number of methoxy groups -OCH3 is 1. The Balaban J connectivity index is 2.11.